The summed E-state index contributed by atoms with van der Waals surface area (Å²) in [7, 11) is 4.28. The van der Waals surface area contributed by atoms with E-state index in [1.54, 1.807) is 4.98 Å². The van der Waals surface area contributed by atoms with Crippen LogP contribution in [-0.4, -0.2) is 36.8 Å². The molecule has 0 atom stereocenters. The van der Waals surface area contributed by atoms with E-state index in [2.05, 4.69) is 5.32 Å². The summed E-state index contributed by atoms with van der Waals surface area (Å²) in [5.74, 6) is -0.793. The first-order valence-corrected chi connectivity index (χ1v) is 6.98. The van der Waals surface area contributed by atoms with Gasteiger partial charge in [-0.15, -0.1) is 0 Å². The van der Waals surface area contributed by atoms with E-state index < -0.39 is 29.5 Å². The van der Waals surface area contributed by atoms with Crippen molar-refractivity contribution in [3.05, 3.63) is 45.0 Å². The first-order valence-electron chi connectivity index (χ1n) is 6.98. The lowest BCUT2D eigenvalue weighted by molar-refractivity contribution is -0.116. The van der Waals surface area contributed by atoms with Crippen LogP contribution in [0.4, 0.5) is 10.1 Å². The zero-order valence-corrected chi connectivity index (χ0v) is 13.7. The summed E-state index contributed by atoms with van der Waals surface area (Å²) in [6.45, 7) is -0.497. The average Bonchev–Trinajstić information content (AvgIpc) is 2.58. The third-order valence-electron chi connectivity index (χ3n) is 3.23. The molecule has 0 unspecified atom stereocenters. The molecule has 0 spiro atoms. The molecular formula is C15H16FN3O6. The Balaban J connectivity index is 2.25. The number of carbonyl (C=O) groups excluding carboxylic acids is 1. The van der Waals surface area contributed by atoms with Crippen LogP contribution in [0.3, 0.4) is 0 Å². The summed E-state index contributed by atoms with van der Waals surface area (Å²) >= 11 is 0. The maximum atomic E-state index is 13.2. The zero-order chi connectivity index (χ0) is 18.6. The van der Waals surface area contributed by atoms with Crippen LogP contribution in [0.2, 0.25) is 0 Å². The summed E-state index contributed by atoms with van der Waals surface area (Å²) < 4.78 is 29.5. The van der Waals surface area contributed by atoms with E-state index in [1.807, 2.05) is 0 Å². The molecule has 134 valence electrons. The predicted molar refractivity (Wildman–Crippen MR) is 86.0 cm³/mol. The predicted octanol–water partition coefficient (Wildman–Crippen LogP) is 0.340. The van der Waals surface area contributed by atoms with Crippen LogP contribution in [-0.2, 0) is 11.3 Å². The van der Waals surface area contributed by atoms with Crippen molar-refractivity contribution < 1.29 is 23.4 Å². The van der Waals surface area contributed by atoms with Crippen molar-refractivity contribution in [1.29, 1.82) is 0 Å². The smallest absolute Gasteiger partial charge is 0.328 e. The van der Waals surface area contributed by atoms with Gasteiger partial charge in [-0.05, 0) is 0 Å². The molecule has 1 amide bonds. The minimum absolute atomic E-state index is 0.317. The molecule has 10 heteroatoms. The monoisotopic (exact) mass is 353 g/mol. The van der Waals surface area contributed by atoms with E-state index in [-0.39, 0.29) is 0 Å². The number of ether oxygens (including phenoxy) is 3. The molecule has 1 aromatic heterocycles. The van der Waals surface area contributed by atoms with E-state index in [0.717, 1.165) is 4.57 Å². The largest absolute Gasteiger partial charge is 0.493 e. The highest BCUT2D eigenvalue weighted by atomic mass is 19.1. The van der Waals surface area contributed by atoms with Gasteiger partial charge in [0.2, 0.25) is 17.5 Å². The van der Waals surface area contributed by atoms with Crippen molar-refractivity contribution in [2.45, 2.75) is 6.54 Å². The van der Waals surface area contributed by atoms with Crippen molar-refractivity contribution in [1.82, 2.24) is 9.55 Å². The number of H-pyrrole nitrogens is 1. The van der Waals surface area contributed by atoms with Crippen molar-refractivity contribution in [3.63, 3.8) is 0 Å². The van der Waals surface area contributed by atoms with Gasteiger partial charge in [-0.3, -0.25) is 19.1 Å². The van der Waals surface area contributed by atoms with E-state index in [4.69, 9.17) is 14.2 Å². The molecule has 0 radical (unpaired) electrons. The van der Waals surface area contributed by atoms with Gasteiger partial charge in [0.15, 0.2) is 11.5 Å². The van der Waals surface area contributed by atoms with Gasteiger partial charge in [-0.2, -0.15) is 4.39 Å². The minimum Gasteiger partial charge on any atom is -0.493 e. The van der Waals surface area contributed by atoms with Crippen LogP contribution in [0.15, 0.2) is 27.9 Å². The third kappa shape index (κ3) is 3.97. The van der Waals surface area contributed by atoms with Crippen molar-refractivity contribution in [2.24, 2.45) is 0 Å². The molecule has 9 nitrogen and oxygen atoms in total. The summed E-state index contributed by atoms with van der Waals surface area (Å²) in [5, 5.41) is 2.52. The third-order valence-corrected chi connectivity index (χ3v) is 3.23. The Morgan fingerprint density at radius 1 is 1.16 bits per heavy atom. The van der Waals surface area contributed by atoms with E-state index in [9.17, 15) is 18.8 Å². The Kier molecular flexibility index (Phi) is 5.42. The second kappa shape index (κ2) is 7.51. The van der Waals surface area contributed by atoms with Gasteiger partial charge in [-0.1, -0.05) is 0 Å². The molecule has 0 bridgehead atoms. The molecule has 0 saturated heterocycles. The molecule has 0 saturated carbocycles. The SMILES string of the molecule is COc1cc(NC(=O)Cn2cc(F)c(=O)[nH]c2=O)cc(OC)c1OC. The van der Waals surface area contributed by atoms with Crippen LogP contribution in [0, 0.1) is 5.82 Å². The summed E-state index contributed by atoms with van der Waals surface area (Å²) in [5.41, 5.74) is -1.73. The highest BCUT2D eigenvalue weighted by molar-refractivity contribution is 5.91. The van der Waals surface area contributed by atoms with Crippen molar-refractivity contribution >= 4 is 11.6 Å². The van der Waals surface area contributed by atoms with Gasteiger partial charge in [0.1, 0.15) is 6.54 Å². The Morgan fingerprint density at radius 3 is 2.28 bits per heavy atom. The van der Waals surface area contributed by atoms with E-state index in [0.29, 0.717) is 29.1 Å². The van der Waals surface area contributed by atoms with Crippen LogP contribution in [0.25, 0.3) is 0 Å². The van der Waals surface area contributed by atoms with Gasteiger partial charge < -0.3 is 19.5 Å². The van der Waals surface area contributed by atoms with E-state index >= 15 is 0 Å². The number of nitrogens with one attached hydrogen (secondary N) is 2. The van der Waals surface area contributed by atoms with Crippen molar-refractivity contribution in [2.75, 3.05) is 26.6 Å². The number of benzene rings is 1. The lowest BCUT2D eigenvalue weighted by Gasteiger charge is -2.14. The summed E-state index contributed by atoms with van der Waals surface area (Å²) in [4.78, 5) is 36.4. The molecule has 2 rings (SSSR count). The fourth-order valence-corrected chi connectivity index (χ4v) is 2.11. The number of aromatic nitrogens is 2. The first kappa shape index (κ1) is 18.0. The standard InChI is InChI=1S/C15H16FN3O6/c1-23-10-4-8(5-11(24-2)13(10)25-3)17-12(20)7-19-6-9(16)14(21)18-15(19)22/h4-6H,7H2,1-3H3,(H,17,20)(H,18,21,22). The van der Waals surface area contributed by atoms with Crippen LogP contribution in [0.1, 0.15) is 0 Å². The number of nitrogens with zero attached hydrogens (tertiary/aromatic N) is 1. The minimum atomic E-state index is -1.17. The number of hydrogen-bond donors (Lipinski definition) is 2. The fraction of sp³-hybridized carbons (Fsp3) is 0.267. The summed E-state index contributed by atoms with van der Waals surface area (Å²) in [6.07, 6.45) is 0.663. The Morgan fingerprint density at radius 2 is 1.76 bits per heavy atom. The number of hydrogen-bond acceptors (Lipinski definition) is 6. The molecule has 2 aromatic rings. The van der Waals surface area contributed by atoms with Gasteiger partial charge >= 0.3 is 5.69 Å². The normalized spacial score (nSPS) is 10.2. The second-order valence-corrected chi connectivity index (χ2v) is 4.83. The van der Waals surface area contributed by atoms with Gasteiger partial charge in [0, 0.05) is 17.8 Å². The molecule has 25 heavy (non-hydrogen) atoms. The molecule has 0 fully saturated rings. The number of halogens is 1. The number of carbonyl (C=O) groups is 1. The Bertz CT molecular complexity index is 880. The fourth-order valence-electron chi connectivity index (χ4n) is 2.11. The first-order chi connectivity index (χ1) is 11.9. The molecule has 1 heterocycles. The maximum absolute atomic E-state index is 13.2. The number of amides is 1. The number of methoxy groups -OCH3 is 3. The molecular weight excluding hydrogens is 337 g/mol. The van der Waals surface area contributed by atoms with Crippen LogP contribution >= 0.6 is 0 Å². The van der Waals surface area contributed by atoms with Gasteiger partial charge in [-0.25, -0.2) is 4.79 Å². The van der Waals surface area contributed by atoms with Crippen molar-refractivity contribution in [3.8, 4) is 17.2 Å². The van der Waals surface area contributed by atoms with E-state index in [1.165, 1.54) is 33.5 Å². The molecule has 1 aromatic carbocycles. The lowest BCUT2D eigenvalue weighted by atomic mass is 10.2. The topological polar surface area (TPSA) is 112 Å². The molecule has 0 aliphatic heterocycles. The number of aromatic amines is 1. The van der Waals surface area contributed by atoms with Gasteiger partial charge in [0.25, 0.3) is 5.56 Å². The highest BCUT2D eigenvalue weighted by Crippen LogP contribution is 2.39. The molecule has 0 aliphatic carbocycles. The summed E-state index contributed by atoms with van der Waals surface area (Å²) in [6, 6.07) is 2.99. The Hall–Kier alpha value is -3.30. The number of rotatable bonds is 6. The zero-order valence-electron chi connectivity index (χ0n) is 13.7. The van der Waals surface area contributed by atoms with Crippen LogP contribution in [0.5, 0.6) is 17.2 Å². The second-order valence-electron chi connectivity index (χ2n) is 4.83. The molecule has 0 aliphatic rings. The highest BCUT2D eigenvalue weighted by Gasteiger charge is 2.15. The maximum Gasteiger partial charge on any atom is 0.328 e. The van der Waals surface area contributed by atoms with Crippen LogP contribution < -0.4 is 30.8 Å². The average molecular weight is 353 g/mol. The number of anilines is 1. The van der Waals surface area contributed by atoms with Gasteiger partial charge in [0.05, 0.1) is 27.5 Å². The quantitative estimate of drug-likeness (QED) is 0.775. The lowest BCUT2D eigenvalue weighted by Crippen LogP contribution is -2.34. The molecule has 2 N–H and O–H groups in total. The Labute approximate surface area is 141 Å².